The van der Waals surface area contributed by atoms with Crippen molar-refractivity contribution in [1.82, 2.24) is 0 Å². The zero-order chi connectivity index (χ0) is 20.1. The van der Waals surface area contributed by atoms with Crippen LogP contribution in [0.2, 0.25) is 0 Å². The van der Waals surface area contributed by atoms with Gasteiger partial charge in [-0.2, -0.15) is 0 Å². The molecule has 0 aliphatic carbocycles. The van der Waals surface area contributed by atoms with Crippen LogP contribution < -0.4 is 9.47 Å². The molecule has 4 rings (SSSR count). The van der Waals surface area contributed by atoms with Crippen LogP contribution in [0.15, 0.2) is 97.1 Å². The topological polar surface area (TPSA) is 55.8 Å². The number of carboxylic acid groups (broad SMARTS) is 1. The standard InChI is InChI=1S/C25H20O4/c26-25(27)24(29-23-15-12-19-6-4-5-7-20(19)17-23)16-18-10-13-22(14-11-18)28-21-8-2-1-3-9-21/h1-15,17,24H,16H2,(H,26,27)/t24-/m1/s1. The zero-order valence-corrected chi connectivity index (χ0v) is 15.7. The maximum atomic E-state index is 11.7. The number of carboxylic acids is 1. The van der Waals surface area contributed by atoms with Crippen molar-refractivity contribution in [1.29, 1.82) is 0 Å². The fraction of sp³-hybridized carbons (Fsp3) is 0.0800. The maximum Gasteiger partial charge on any atom is 0.345 e. The smallest absolute Gasteiger partial charge is 0.345 e. The van der Waals surface area contributed by atoms with Crippen molar-refractivity contribution < 1.29 is 19.4 Å². The molecule has 4 heteroatoms. The van der Waals surface area contributed by atoms with Gasteiger partial charge in [0.25, 0.3) is 0 Å². The minimum atomic E-state index is -0.997. The Labute approximate surface area is 169 Å². The molecule has 0 fully saturated rings. The van der Waals surface area contributed by atoms with E-state index in [1.165, 1.54) is 0 Å². The second-order valence-corrected chi connectivity index (χ2v) is 6.72. The van der Waals surface area contributed by atoms with Crippen LogP contribution >= 0.6 is 0 Å². The Morgan fingerprint density at radius 3 is 2.07 bits per heavy atom. The van der Waals surface area contributed by atoms with Crippen molar-refractivity contribution in [2.24, 2.45) is 0 Å². The van der Waals surface area contributed by atoms with Crippen molar-refractivity contribution in [3.63, 3.8) is 0 Å². The number of hydrogen-bond donors (Lipinski definition) is 1. The minimum Gasteiger partial charge on any atom is -0.478 e. The molecule has 0 bridgehead atoms. The van der Waals surface area contributed by atoms with Gasteiger partial charge in [0.1, 0.15) is 17.2 Å². The number of fused-ring (bicyclic) bond motifs is 1. The second kappa shape index (κ2) is 8.48. The average molecular weight is 384 g/mol. The lowest BCUT2D eigenvalue weighted by atomic mass is 10.1. The molecule has 144 valence electrons. The fourth-order valence-electron chi connectivity index (χ4n) is 3.12. The summed E-state index contributed by atoms with van der Waals surface area (Å²) >= 11 is 0. The van der Waals surface area contributed by atoms with E-state index in [-0.39, 0.29) is 6.42 Å². The normalized spacial score (nSPS) is 11.7. The lowest BCUT2D eigenvalue weighted by molar-refractivity contribution is -0.145. The lowest BCUT2D eigenvalue weighted by Gasteiger charge is -2.16. The van der Waals surface area contributed by atoms with E-state index in [0.717, 1.165) is 22.1 Å². The first-order valence-corrected chi connectivity index (χ1v) is 9.37. The number of aliphatic carboxylic acids is 1. The van der Waals surface area contributed by atoms with Crippen LogP contribution in [-0.2, 0) is 11.2 Å². The first-order valence-electron chi connectivity index (χ1n) is 9.37. The molecule has 0 unspecified atom stereocenters. The first kappa shape index (κ1) is 18.6. The van der Waals surface area contributed by atoms with Crippen LogP contribution in [0.25, 0.3) is 10.8 Å². The Hall–Kier alpha value is -3.79. The van der Waals surface area contributed by atoms with Crippen molar-refractivity contribution in [3.05, 3.63) is 103 Å². The Bertz CT molecular complexity index is 1100. The van der Waals surface area contributed by atoms with E-state index in [1.807, 2.05) is 91.0 Å². The van der Waals surface area contributed by atoms with E-state index >= 15 is 0 Å². The molecule has 1 N–H and O–H groups in total. The third kappa shape index (κ3) is 4.74. The summed E-state index contributed by atoms with van der Waals surface area (Å²) in [5.74, 6) is 0.994. The molecular formula is C25H20O4. The van der Waals surface area contributed by atoms with Crippen LogP contribution in [0.1, 0.15) is 5.56 Å². The Kier molecular flexibility index (Phi) is 5.43. The van der Waals surface area contributed by atoms with Crippen LogP contribution in [0.5, 0.6) is 17.2 Å². The number of para-hydroxylation sites is 1. The predicted molar refractivity (Wildman–Crippen MR) is 113 cm³/mol. The van der Waals surface area contributed by atoms with Gasteiger partial charge in [0.2, 0.25) is 0 Å². The molecule has 4 aromatic carbocycles. The molecule has 0 amide bonds. The van der Waals surface area contributed by atoms with E-state index in [4.69, 9.17) is 9.47 Å². The van der Waals surface area contributed by atoms with E-state index in [0.29, 0.717) is 11.5 Å². The lowest BCUT2D eigenvalue weighted by Crippen LogP contribution is -2.29. The molecule has 0 saturated heterocycles. The molecule has 0 radical (unpaired) electrons. The highest BCUT2D eigenvalue weighted by Gasteiger charge is 2.20. The SMILES string of the molecule is O=C(O)[C@@H](Cc1ccc(Oc2ccccc2)cc1)Oc1ccc2ccccc2c1. The van der Waals surface area contributed by atoms with E-state index in [2.05, 4.69) is 0 Å². The highest BCUT2D eigenvalue weighted by Crippen LogP contribution is 2.24. The van der Waals surface area contributed by atoms with E-state index in [9.17, 15) is 9.90 Å². The highest BCUT2D eigenvalue weighted by molar-refractivity contribution is 5.84. The third-order valence-electron chi connectivity index (χ3n) is 4.60. The molecule has 0 heterocycles. The second-order valence-electron chi connectivity index (χ2n) is 6.72. The molecular weight excluding hydrogens is 364 g/mol. The van der Waals surface area contributed by atoms with Crippen LogP contribution in [0.4, 0.5) is 0 Å². The number of carbonyl (C=O) groups is 1. The summed E-state index contributed by atoms with van der Waals surface area (Å²) < 4.78 is 11.6. The van der Waals surface area contributed by atoms with E-state index < -0.39 is 12.1 Å². The first-order chi connectivity index (χ1) is 14.2. The van der Waals surface area contributed by atoms with Gasteiger partial charge >= 0.3 is 5.97 Å². The Morgan fingerprint density at radius 2 is 1.34 bits per heavy atom. The van der Waals surface area contributed by atoms with Crippen LogP contribution in [0.3, 0.4) is 0 Å². The van der Waals surface area contributed by atoms with Gasteiger partial charge in [0.05, 0.1) is 0 Å². The predicted octanol–water partition coefficient (Wildman–Crippen LogP) is 5.71. The molecule has 1 atom stereocenters. The zero-order valence-electron chi connectivity index (χ0n) is 15.7. The Morgan fingerprint density at radius 1 is 0.724 bits per heavy atom. The van der Waals surface area contributed by atoms with Gasteiger partial charge in [-0.3, -0.25) is 0 Å². The van der Waals surface area contributed by atoms with Gasteiger partial charge in [0.15, 0.2) is 6.10 Å². The summed E-state index contributed by atoms with van der Waals surface area (Å²) in [5.41, 5.74) is 0.860. The summed E-state index contributed by atoms with van der Waals surface area (Å²) in [6.07, 6.45) is -0.717. The molecule has 0 aliphatic heterocycles. The van der Waals surface area contributed by atoms with Crippen molar-refractivity contribution >= 4 is 16.7 Å². The number of ether oxygens (including phenoxy) is 2. The molecule has 0 saturated carbocycles. The van der Waals surface area contributed by atoms with Crippen LogP contribution in [0, 0.1) is 0 Å². The number of rotatable bonds is 7. The van der Waals surface area contributed by atoms with Crippen LogP contribution in [-0.4, -0.2) is 17.2 Å². The average Bonchev–Trinajstić information content (AvgIpc) is 2.75. The van der Waals surface area contributed by atoms with Gasteiger partial charge in [0, 0.05) is 6.42 Å². The van der Waals surface area contributed by atoms with E-state index in [1.54, 1.807) is 6.07 Å². The summed E-state index contributed by atoms with van der Waals surface area (Å²) in [6, 6.07) is 30.4. The minimum absolute atomic E-state index is 0.258. The van der Waals surface area contributed by atoms with Gasteiger partial charge in [-0.1, -0.05) is 60.7 Å². The van der Waals surface area contributed by atoms with Gasteiger partial charge in [-0.15, -0.1) is 0 Å². The van der Waals surface area contributed by atoms with Gasteiger partial charge in [-0.05, 0) is 52.7 Å². The van der Waals surface area contributed by atoms with Gasteiger partial charge < -0.3 is 14.6 Å². The molecule has 0 aliphatic rings. The van der Waals surface area contributed by atoms with Gasteiger partial charge in [-0.25, -0.2) is 4.79 Å². The summed E-state index contributed by atoms with van der Waals surface area (Å²) in [7, 11) is 0. The fourth-order valence-corrected chi connectivity index (χ4v) is 3.12. The molecule has 4 aromatic rings. The largest absolute Gasteiger partial charge is 0.478 e. The quantitative estimate of drug-likeness (QED) is 0.444. The monoisotopic (exact) mass is 384 g/mol. The molecule has 4 nitrogen and oxygen atoms in total. The third-order valence-corrected chi connectivity index (χ3v) is 4.60. The maximum absolute atomic E-state index is 11.7. The summed E-state index contributed by atoms with van der Waals surface area (Å²) in [4.78, 5) is 11.7. The number of hydrogen-bond acceptors (Lipinski definition) is 3. The summed E-state index contributed by atoms with van der Waals surface area (Å²) in [6.45, 7) is 0. The van der Waals surface area contributed by atoms with Crippen molar-refractivity contribution in [2.75, 3.05) is 0 Å². The molecule has 29 heavy (non-hydrogen) atoms. The van der Waals surface area contributed by atoms with Crippen molar-refractivity contribution in [2.45, 2.75) is 12.5 Å². The molecule has 0 aromatic heterocycles. The number of benzene rings is 4. The van der Waals surface area contributed by atoms with Crippen molar-refractivity contribution in [3.8, 4) is 17.2 Å². The Balaban J connectivity index is 1.45. The molecule has 0 spiro atoms. The summed E-state index contributed by atoms with van der Waals surface area (Å²) in [5, 5.41) is 11.7. The highest BCUT2D eigenvalue weighted by atomic mass is 16.5.